The summed E-state index contributed by atoms with van der Waals surface area (Å²) in [6, 6.07) is 26.5. The summed E-state index contributed by atoms with van der Waals surface area (Å²) in [7, 11) is 1.65. The van der Waals surface area contributed by atoms with Gasteiger partial charge in [0.1, 0.15) is 5.82 Å². The number of nitrogens with one attached hydrogen (secondary N) is 1. The molecule has 0 fully saturated rings. The number of urea groups is 1. The topological polar surface area (TPSA) is 93.5 Å². The third kappa shape index (κ3) is 5.09. The lowest BCUT2D eigenvalue weighted by Gasteiger charge is -2.27. The Morgan fingerprint density at radius 2 is 1.64 bits per heavy atom. The number of carbonyl (C=O) groups excluding carboxylic acids is 2. The van der Waals surface area contributed by atoms with Crippen LogP contribution in [-0.4, -0.2) is 40.1 Å². The summed E-state index contributed by atoms with van der Waals surface area (Å²) in [4.78, 5) is 45.3. The zero-order valence-electron chi connectivity index (χ0n) is 21.9. The van der Waals surface area contributed by atoms with Crippen molar-refractivity contribution in [2.45, 2.75) is 19.9 Å². The average molecular weight is 521 g/mol. The molecule has 5 aromatic rings. The van der Waals surface area contributed by atoms with Gasteiger partial charge in [0.15, 0.2) is 0 Å². The standard InChI is InChI=1S/C31H28N4O4/c1-4-39-30(37)22-13-16-24(17-14-22)32-31(38)34(3)20(2)28-33-27-12-8-7-11-26(27)29(36)35(28)25-18-15-21-9-5-6-10-23(21)19-25/h5-20H,4H2,1-3H3,(H,32,38). The summed E-state index contributed by atoms with van der Waals surface area (Å²) in [5.41, 5.74) is 1.94. The number of amides is 2. The predicted molar refractivity (Wildman–Crippen MR) is 152 cm³/mol. The number of nitrogens with zero attached hydrogens (tertiary/aromatic N) is 3. The average Bonchev–Trinajstić information content (AvgIpc) is 2.96. The van der Waals surface area contributed by atoms with Crippen molar-refractivity contribution in [1.82, 2.24) is 14.5 Å². The fourth-order valence-electron chi connectivity index (χ4n) is 4.46. The van der Waals surface area contributed by atoms with Crippen LogP contribution in [0.4, 0.5) is 10.5 Å². The van der Waals surface area contributed by atoms with Crippen molar-refractivity contribution in [3.8, 4) is 5.69 Å². The summed E-state index contributed by atoms with van der Waals surface area (Å²) in [5, 5.41) is 5.39. The highest BCUT2D eigenvalue weighted by atomic mass is 16.5. The Kier molecular flexibility index (Phi) is 7.10. The van der Waals surface area contributed by atoms with Crippen LogP contribution in [0.1, 0.15) is 36.1 Å². The Hall–Kier alpha value is -4.98. The minimum atomic E-state index is -0.562. The predicted octanol–water partition coefficient (Wildman–Crippen LogP) is 5.94. The lowest BCUT2D eigenvalue weighted by Crippen LogP contribution is -2.37. The molecule has 4 aromatic carbocycles. The number of ether oxygens (including phenoxy) is 1. The fourth-order valence-corrected chi connectivity index (χ4v) is 4.46. The van der Waals surface area contributed by atoms with Gasteiger partial charge in [-0.3, -0.25) is 9.36 Å². The van der Waals surface area contributed by atoms with Crippen LogP contribution in [-0.2, 0) is 4.74 Å². The van der Waals surface area contributed by atoms with Crippen molar-refractivity contribution < 1.29 is 14.3 Å². The molecule has 39 heavy (non-hydrogen) atoms. The highest BCUT2D eigenvalue weighted by Crippen LogP contribution is 2.25. The quantitative estimate of drug-likeness (QED) is 0.280. The van der Waals surface area contributed by atoms with Crippen LogP contribution in [0.3, 0.4) is 0 Å². The van der Waals surface area contributed by atoms with Crippen molar-refractivity contribution >= 4 is 39.4 Å². The second-order valence-corrected chi connectivity index (χ2v) is 9.17. The van der Waals surface area contributed by atoms with Gasteiger partial charge in [0.25, 0.3) is 5.56 Å². The number of anilines is 1. The number of fused-ring (bicyclic) bond motifs is 2. The molecule has 0 saturated carbocycles. The molecule has 0 aliphatic carbocycles. The van der Waals surface area contributed by atoms with E-state index in [0.29, 0.717) is 33.7 Å². The number of esters is 1. The minimum absolute atomic E-state index is 0.207. The molecule has 1 heterocycles. The van der Waals surface area contributed by atoms with E-state index in [9.17, 15) is 14.4 Å². The molecule has 196 valence electrons. The molecular weight excluding hydrogens is 492 g/mol. The molecule has 1 aromatic heterocycles. The summed E-state index contributed by atoms with van der Waals surface area (Å²) in [6.07, 6.45) is 0. The van der Waals surface area contributed by atoms with Crippen molar-refractivity contribution in [3.05, 3.63) is 113 Å². The van der Waals surface area contributed by atoms with Crippen molar-refractivity contribution in [3.63, 3.8) is 0 Å². The van der Waals surface area contributed by atoms with E-state index in [1.54, 1.807) is 54.9 Å². The summed E-state index contributed by atoms with van der Waals surface area (Å²) < 4.78 is 6.59. The van der Waals surface area contributed by atoms with Gasteiger partial charge in [0.2, 0.25) is 0 Å². The number of para-hydroxylation sites is 1. The van der Waals surface area contributed by atoms with Crippen LogP contribution in [0, 0.1) is 0 Å². The first-order chi connectivity index (χ1) is 18.9. The van der Waals surface area contributed by atoms with Gasteiger partial charge in [0.05, 0.1) is 34.8 Å². The molecule has 0 bridgehead atoms. The minimum Gasteiger partial charge on any atom is -0.462 e. The smallest absolute Gasteiger partial charge is 0.338 e. The molecule has 0 radical (unpaired) electrons. The Morgan fingerprint density at radius 1 is 0.949 bits per heavy atom. The number of hydrogen-bond acceptors (Lipinski definition) is 5. The molecule has 5 rings (SSSR count). The van der Waals surface area contributed by atoms with E-state index in [-0.39, 0.29) is 18.2 Å². The lowest BCUT2D eigenvalue weighted by atomic mass is 10.1. The Bertz CT molecular complexity index is 1740. The third-order valence-corrected chi connectivity index (χ3v) is 6.72. The molecule has 1 unspecified atom stereocenters. The van der Waals surface area contributed by atoms with Crippen LogP contribution in [0.2, 0.25) is 0 Å². The SMILES string of the molecule is CCOC(=O)c1ccc(NC(=O)N(C)C(C)c2nc3ccccc3c(=O)n2-c2ccc3ccccc3c2)cc1. The highest BCUT2D eigenvalue weighted by Gasteiger charge is 2.24. The van der Waals surface area contributed by atoms with Gasteiger partial charge in [-0.2, -0.15) is 0 Å². The Labute approximate surface area is 225 Å². The maximum absolute atomic E-state index is 13.8. The fraction of sp³-hybridized carbons (Fsp3) is 0.161. The van der Waals surface area contributed by atoms with Gasteiger partial charge in [-0.25, -0.2) is 14.6 Å². The molecule has 1 atom stereocenters. The van der Waals surface area contributed by atoms with Crippen LogP contribution < -0.4 is 10.9 Å². The van der Waals surface area contributed by atoms with E-state index in [1.165, 1.54) is 4.90 Å². The number of benzene rings is 4. The first kappa shape index (κ1) is 25.7. The molecule has 0 spiro atoms. The van der Waals surface area contributed by atoms with Crippen molar-refractivity contribution in [1.29, 1.82) is 0 Å². The van der Waals surface area contributed by atoms with Crippen molar-refractivity contribution in [2.24, 2.45) is 0 Å². The molecular formula is C31H28N4O4. The first-order valence-electron chi connectivity index (χ1n) is 12.7. The van der Waals surface area contributed by atoms with Gasteiger partial charge in [-0.05, 0) is 73.2 Å². The van der Waals surface area contributed by atoms with Crippen LogP contribution in [0.15, 0.2) is 95.8 Å². The largest absolute Gasteiger partial charge is 0.462 e. The van der Waals surface area contributed by atoms with Crippen molar-refractivity contribution in [2.75, 3.05) is 19.0 Å². The van der Waals surface area contributed by atoms with Crippen LogP contribution in [0.25, 0.3) is 27.4 Å². The van der Waals surface area contributed by atoms with E-state index in [4.69, 9.17) is 9.72 Å². The number of hydrogen-bond donors (Lipinski definition) is 1. The third-order valence-electron chi connectivity index (χ3n) is 6.72. The Balaban J connectivity index is 1.50. The van der Waals surface area contributed by atoms with E-state index >= 15 is 0 Å². The van der Waals surface area contributed by atoms with Gasteiger partial charge >= 0.3 is 12.0 Å². The molecule has 8 nitrogen and oxygen atoms in total. The van der Waals surface area contributed by atoms with Crippen LogP contribution >= 0.6 is 0 Å². The molecule has 8 heteroatoms. The summed E-state index contributed by atoms with van der Waals surface area (Å²) in [6.45, 7) is 3.86. The zero-order valence-corrected chi connectivity index (χ0v) is 21.9. The number of aromatic nitrogens is 2. The molecule has 1 N–H and O–H groups in total. The summed E-state index contributed by atoms with van der Waals surface area (Å²) in [5.74, 6) is 0.0134. The van der Waals surface area contributed by atoms with E-state index in [0.717, 1.165) is 10.8 Å². The number of carbonyl (C=O) groups is 2. The van der Waals surface area contributed by atoms with Gasteiger partial charge in [-0.1, -0.05) is 42.5 Å². The van der Waals surface area contributed by atoms with Gasteiger partial charge < -0.3 is 15.0 Å². The van der Waals surface area contributed by atoms with E-state index in [2.05, 4.69) is 5.32 Å². The maximum Gasteiger partial charge on any atom is 0.338 e. The monoisotopic (exact) mass is 520 g/mol. The number of rotatable bonds is 6. The Morgan fingerprint density at radius 3 is 2.38 bits per heavy atom. The molecule has 2 amide bonds. The first-order valence-corrected chi connectivity index (χ1v) is 12.7. The maximum atomic E-state index is 13.8. The van der Waals surface area contributed by atoms with Gasteiger partial charge in [-0.15, -0.1) is 0 Å². The normalized spacial score (nSPS) is 11.8. The second-order valence-electron chi connectivity index (χ2n) is 9.17. The van der Waals surface area contributed by atoms with Crippen LogP contribution in [0.5, 0.6) is 0 Å². The van der Waals surface area contributed by atoms with E-state index < -0.39 is 12.0 Å². The molecule has 0 saturated heterocycles. The summed E-state index contributed by atoms with van der Waals surface area (Å²) >= 11 is 0. The zero-order chi connectivity index (χ0) is 27.5. The van der Waals surface area contributed by atoms with E-state index in [1.807, 2.05) is 61.5 Å². The lowest BCUT2D eigenvalue weighted by molar-refractivity contribution is 0.0526. The molecule has 0 aliphatic heterocycles. The highest BCUT2D eigenvalue weighted by molar-refractivity contribution is 5.92. The van der Waals surface area contributed by atoms with Gasteiger partial charge in [0, 0.05) is 12.7 Å². The second kappa shape index (κ2) is 10.8. The molecule has 0 aliphatic rings.